The maximum atomic E-state index is 14.2. The molecule has 1 aromatic rings. The molecule has 7 heteroatoms. The molecule has 0 aromatic carbocycles. The monoisotopic (exact) mass is 350 g/mol. The van der Waals surface area contributed by atoms with Crippen LogP contribution in [0.3, 0.4) is 0 Å². The van der Waals surface area contributed by atoms with Gasteiger partial charge in [0, 0.05) is 45.8 Å². The molecule has 6 nitrogen and oxygen atoms in total. The van der Waals surface area contributed by atoms with Crippen LogP contribution in [0.1, 0.15) is 19.3 Å². The van der Waals surface area contributed by atoms with Gasteiger partial charge in [0.25, 0.3) is 0 Å². The molecule has 140 valence electrons. The van der Waals surface area contributed by atoms with Gasteiger partial charge in [0.15, 0.2) is 0 Å². The first kappa shape index (κ1) is 18.3. The van der Waals surface area contributed by atoms with Gasteiger partial charge < -0.3 is 20.0 Å². The molecule has 3 rings (SSSR count). The second kappa shape index (κ2) is 8.27. The third-order valence-corrected chi connectivity index (χ3v) is 5.24. The van der Waals surface area contributed by atoms with Crippen molar-refractivity contribution in [1.82, 2.24) is 20.2 Å². The highest BCUT2D eigenvalue weighted by Gasteiger charge is 2.34. The average molecular weight is 350 g/mol. The Labute approximate surface area is 150 Å². The Kier molecular flexibility index (Phi) is 6.06. The molecule has 2 aliphatic rings. The lowest BCUT2D eigenvalue weighted by Crippen LogP contribution is -2.42. The zero-order valence-corrected chi connectivity index (χ0v) is 15.7. The predicted octanol–water partition coefficient (Wildman–Crippen LogP) is 1.39. The van der Waals surface area contributed by atoms with Crippen molar-refractivity contribution in [2.75, 3.05) is 63.7 Å². The van der Waals surface area contributed by atoms with Crippen molar-refractivity contribution in [2.45, 2.75) is 31.5 Å². The minimum absolute atomic E-state index is 0.173. The predicted molar refractivity (Wildman–Crippen MR) is 100 cm³/mol. The van der Waals surface area contributed by atoms with Gasteiger partial charge in [-0.1, -0.05) is 0 Å². The molecule has 2 fully saturated rings. The fraction of sp³-hybridized carbons (Fsp3) is 0.778. The van der Waals surface area contributed by atoms with Crippen LogP contribution in [-0.2, 0) is 0 Å². The van der Waals surface area contributed by atoms with Crippen molar-refractivity contribution in [3.63, 3.8) is 0 Å². The van der Waals surface area contributed by atoms with E-state index < -0.39 is 6.17 Å². The third kappa shape index (κ3) is 4.79. The van der Waals surface area contributed by atoms with Gasteiger partial charge in [-0.05, 0) is 45.0 Å². The number of hydrogen-bond acceptors (Lipinski definition) is 6. The van der Waals surface area contributed by atoms with Gasteiger partial charge in [0.1, 0.15) is 12.0 Å². The first-order chi connectivity index (χ1) is 12.0. The highest BCUT2D eigenvalue weighted by molar-refractivity contribution is 5.45. The van der Waals surface area contributed by atoms with E-state index in [1.54, 1.807) is 6.20 Å². The number of likely N-dealkylation sites (N-methyl/N-ethyl adjacent to an activating group) is 1. The molecule has 1 aromatic heterocycles. The largest absolute Gasteiger partial charge is 0.349 e. The van der Waals surface area contributed by atoms with Crippen LogP contribution in [0.5, 0.6) is 0 Å². The fourth-order valence-corrected chi connectivity index (χ4v) is 3.97. The summed E-state index contributed by atoms with van der Waals surface area (Å²) in [6, 6.07) is 2.07. The molecule has 0 bridgehead atoms. The van der Waals surface area contributed by atoms with Crippen molar-refractivity contribution in [2.24, 2.45) is 5.92 Å². The number of nitrogens with zero attached hydrogens (tertiary/aromatic N) is 5. The van der Waals surface area contributed by atoms with Gasteiger partial charge >= 0.3 is 0 Å². The van der Waals surface area contributed by atoms with Crippen molar-refractivity contribution >= 4 is 11.8 Å². The Morgan fingerprint density at radius 1 is 1.24 bits per heavy atom. The maximum absolute atomic E-state index is 14.2. The molecule has 0 radical (unpaired) electrons. The zero-order valence-electron chi connectivity index (χ0n) is 15.7. The second-order valence-electron chi connectivity index (χ2n) is 7.66. The topological polar surface area (TPSA) is 47.5 Å². The third-order valence-electron chi connectivity index (χ3n) is 5.24. The van der Waals surface area contributed by atoms with Gasteiger partial charge in [0.05, 0.1) is 6.54 Å². The number of hydrogen-bond donors (Lipinski definition) is 1. The zero-order chi connectivity index (χ0) is 17.8. The molecule has 0 aliphatic carbocycles. The summed E-state index contributed by atoms with van der Waals surface area (Å²) in [5, 5.41) is 3.42. The van der Waals surface area contributed by atoms with Crippen LogP contribution in [0, 0.1) is 5.92 Å². The first-order valence-electron chi connectivity index (χ1n) is 9.33. The van der Waals surface area contributed by atoms with Crippen LogP contribution in [0.2, 0.25) is 0 Å². The van der Waals surface area contributed by atoms with E-state index in [2.05, 4.69) is 32.1 Å². The SMILES string of the molecule is CN(CC1CCNCC1)C[C@@H]1C[C@H](F)CN1c1ccnc(N(C)C)n1. The number of rotatable bonds is 6. The quantitative estimate of drug-likeness (QED) is 0.837. The van der Waals surface area contributed by atoms with Crippen LogP contribution in [0.4, 0.5) is 16.2 Å². The number of aromatic nitrogens is 2. The lowest BCUT2D eigenvalue weighted by Gasteiger charge is -2.32. The Bertz CT molecular complexity index is 548. The standard InChI is InChI=1S/C18H31FN6/c1-23(2)18-21-9-6-17(22-18)25-12-15(19)10-16(25)13-24(3)11-14-4-7-20-8-5-14/h6,9,14-16,20H,4-5,7-8,10-13H2,1-3H3/t15-,16-/m0/s1. The van der Waals surface area contributed by atoms with Crippen LogP contribution >= 0.6 is 0 Å². The van der Waals surface area contributed by atoms with E-state index in [0.29, 0.717) is 18.9 Å². The normalized spacial score (nSPS) is 24.9. The number of alkyl halides is 1. The van der Waals surface area contributed by atoms with Gasteiger partial charge in [-0.2, -0.15) is 4.98 Å². The van der Waals surface area contributed by atoms with Crippen molar-refractivity contribution in [1.29, 1.82) is 0 Å². The number of anilines is 2. The summed E-state index contributed by atoms with van der Waals surface area (Å²) < 4.78 is 14.2. The van der Waals surface area contributed by atoms with E-state index in [9.17, 15) is 4.39 Å². The lowest BCUT2D eigenvalue weighted by molar-refractivity contribution is 0.227. The highest BCUT2D eigenvalue weighted by atomic mass is 19.1. The van der Waals surface area contributed by atoms with Crippen molar-refractivity contribution in [3.05, 3.63) is 12.3 Å². The highest BCUT2D eigenvalue weighted by Crippen LogP contribution is 2.27. The Balaban J connectivity index is 1.63. The van der Waals surface area contributed by atoms with E-state index in [0.717, 1.165) is 37.9 Å². The summed E-state index contributed by atoms with van der Waals surface area (Å²) in [7, 11) is 6.01. The van der Waals surface area contributed by atoms with E-state index in [4.69, 9.17) is 0 Å². The number of piperidine rings is 1. The van der Waals surface area contributed by atoms with E-state index in [-0.39, 0.29) is 6.04 Å². The molecule has 2 atom stereocenters. The molecular formula is C18H31FN6. The lowest BCUT2D eigenvalue weighted by atomic mass is 9.97. The van der Waals surface area contributed by atoms with Crippen molar-refractivity contribution < 1.29 is 4.39 Å². The van der Waals surface area contributed by atoms with Gasteiger partial charge in [-0.25, -0.2) is 9.37 Å². The molecule has 1 N–H and O–H groups in total. The summed E-state index contributed by atoms with van der Waals surface area (Å²) in [5.74, 6) is 2.25. The Hall–Kier alpha value is -1.47. The first-order valence-corrected chi connectivity index (χ1v) is 9.33. The van der Waals surface area contributed by atoms with Crippen LogP contribution in [-0.4, -0.2) is 80.9 Å². The summed E-state index contributed by atoms with van der Waals surface area (Å²) in [6.07, 6.45) is 4.04. The summed E-state index contributed by atoms with van der Waals surface area (Å²) in [6.45, 7) is 4.64. The molecule has 2 aliphatic heterocycles. The van der Waals surface area contributed by atoms with E-state index in [1.165, 1.54) is 12.8 Å². The Morgan fingerprint density at radius 2 is 2.00 bits per heavy atom. The Morgan fingerprint density at radius 3 is 2.72 bits per heavy atom. The van der Waals surface area contributed by atoms with E-state index in [1.807, 2.05) is 25.1 Å². The molecular weight excluding hydrogens is 319 g/mol. The molecule has 0 saturated carbocycles. The number of halogens is 1. The molecule has 2 saturated heterocycles. The van der Waals surface area contributed by atoms with Crippen LogP contribution in [0.25, 0.3) is 0 Å². The van der Waals surface area contributed by atoms with Crippen LogP contribution < -0.4 is 15.1 Å². The molecule has 0 unspecified atom stereocenters. The van der Waals surface area contributed by atoms with Gasteiger partial charge in [0.2, 0.25) is 5.95 Å². The van der Waals surface area contributed by atoms with Gasteiger partial charge in [-0.15, -0.1) is 0 Å². The molecule has 0 spiro atoms. The van der Waals surface area contributed by atoms with Gasteiger partial charge in [-0.3, -0.25) is 0 Å². The van der Waals surface area contributed by atoms with Crippen LogP contribution in [0.15, 0.2) is 12.3 Å². The van der Waals surface area contributed by atoms with Crippen molar-refractivity contribution in [3.8, 4) is 0 Å². The molecule has 25 heavy (non-hydrogen) atoms. The average Bonchev–Trinajstić information content (AvgIpc) is 2.96. The minimum atomic E-state index is -0.782. The summed E-state index contributed by atoms with van der Waals surface area (Å²) in [4.78, 5) is 15.3. The summed E-state index contributed by atoms with van der Waals surface area (Å²) >= 11 is 0. The van der Waals surface area contributed by atoms with E-state index >= 15 is 0 Å². The minimum Gasteiger partial charge on any atom is -0.349 e. The maximum Gasteiger partial charge on any atom is 0.226 e. The second-order valence-corrected chi connectivity index (χ2v) is 7.66. The number of nitrogens with one attached hydrogen (secondary N) is 1. The summed E-state index contributed by atoms with van der Waals surface area (Å²) in [5.41, 5.74) is 0. The molecule has 0 amide bonds. The fourth-order valence-electron chi connectivity index (χ4n) is 3.97. The smallest absolute Gasteiger partial charge is 0.226 e. The molecule has 3 heterocycles.